The van der Waals surface area contributed by atoms with Crippen LogP contribution in [0.5, 0.6) is 0 Å². The van der Waals surface area contributed by atoms with Gasteiger partial charge in [0, 0.05) is 23.7 Å². The average molecular weight is 1370 g/mol. The number of aliphatic hydroxyl groups excluding tert-OH is 1. The number of allylic oxidation sites excluding steroid dienone is 4. The molecule has 97 heavy (non-hydrogen) atoms. The third-order valence-electron chi connectivity index (χ3n) is 30.9. The van der Waals surface area contributed by atoms with Crippen LogP contribution in [-0.2, 0) is 43.0 Å². The van der Waals surface area contributed by atoms with E-state index in [0.29, 0.717) is 49.5 Å². The van der Waals surface area contributed by atoms with E-state index in [1.807, 2.05) is 0 Å². The molecule has 18 atom stereocenters. The van der Waals surface area contributed by atoms with Crippen LogP contribution in [0.25, 0.3) is 0 Å². The maximum absolute atomic E-state index is 14.6. The molecule has 0 unspecified atom stereocenters. The highest BCUT2D eigenvalue weighted by Gasteiger charge is 2.73. The van der Waals surface area contributed by atoms with Gasteiger partial charge in [-0.1, -0.05) is 212 Å². The van der Waals surface area contributed by atoms with Gasteiger partial charge in [0.25, 0.3) is 6.47 Å². The number of halogens is 1. The van der Waals surface area contributed by atoms with Crippen LogP contribution in [0, 0.1) is 100 Å². The van der Waals surface area contributed by atoms with Crippen molar-refractivity contribution in [2.24, 2.45) is 100 Å². The fourth-order valence-electron chi connectivity index (χ4n) is 23.9. The molecule has 0 aromatic rings. The highest BCUT2D eigenvalue weighted by Crippen LogP contribution is 2.77. The fraction of sp³-hybridized carbons (Fsp3) is 0.884. The first-order valence-corrected chi connectivity index (χ1v) is 40.6. The minimum absolute atomic E-state index is 0.00769. The molecule has 0 amide bonds. The number of unbranched alkanes of at least 4 members (excludes halogenated alkanes) is 12. The van der Waals surface area contributed by atoms with Crippen LogP contribution >= 0.6 is 11.6 Å². The lowest BCUT2D eigenvalue weighted by Gasteiger charge is -2.70. The lowest BCUT2D eigenvalue weighted by atomic mass is 9.33. The normalized spacial score (nSPS) is 41.0. The number of rotatable bonds is 22. The Morgan fingerprint density at radius 3 is 1.24 bits per heavy atom. The molecule has 0 aromatic carbocycles. The molecular weight excluding hydrogens is 1230 g/mol. The number of hydrogen-bond donors (Lipinski definition) is 1. The van der Waals surface area contributed by atoms with Gasteiger partial charge in [0.15, 0.2) is 11.6 Å². The second kappa shape index (κ2) is 32.0. The molecule has 10 aliphatic rings. The van der Waals surface area contributed by atoms with E-state index in [1.165, 1.54) is 75.4 Å². The van der Waals surface area contributed by atoms with Crippen molar-refractivity contribution < 1.29 is 48.1 Å². The molecule has 0 bridgehead atoms. The second-order valence-electron chi connectivity index (χ2n) is 37.7. The van der Waals surface area contributed by atoms with Crippen LogP contribution in [0.15, 0.2) is 23.3 Å². The fourth-order valence-corrected chi connectivity index (χ4v) is 24.1. The van der Waals surface area contributed by atoms with Crippen LogP contribution in [0.4, 0.5) is 0 Å². The Kier molecular flexibility index (Phi) is 26.9. The van der Waals surface area contributed by atoms with E-state index >= 15 is 0 Å². The van der Waals surface area contributed by atoms with E-state index in [9.17, 15) is 33.9 Å². The molecule has 1 N–H and O–H groups in total. The largest absolute Gasteiger partial charge is 0.465 e. The molecule has 8 fully saturated rings. The highest BCUT2D eigenvalue weighted by atomic mass is 35.5. The maximum atomic E-state index is 14.6. The number of fused-ring (bicyclic) bond motifs is 14. The molecule has 0 spiro atoms. The Hall–Kier alpha value is -2.85. The Morgan fingerprint density at radius 1 is 0.474 bits per heavy atom. The number of ether oxygens (including phenoxy) is 3. The summed E-state index contributed by atoms with van der Waals surface area (Å²) in [4.78, 5) is 77.5. The Balaban J connectivity index is 0.000000226. The number of carbonyl (C=O) groups excluding carboxylic acids is 6. The van der Waals surface area contributed by atoms with Gasteiger partial charge in [0.1, 0.15) is 6.10 Å². The monoisotopic (exact) mass is 1370 g/mol. The van der Waals surface area contributed by atoms with Crippen molar-refractivity contribution >= 4 is 46.8 Å². The summed E-state index contributed by atoms with van der Waals surface area (Å²) in [5, 5.41) is 10.8. The van der Waals surface area contributed by atoms with Gasteiger partial charge in [-0.3, -0.25) is 28.8 Å². The first-order chi connectivity index (χ1) is 45.4. The van der Waals surface area contributed by atoms with E-state index < -0.39 is 10.8 Å². The Morgan fingerprint density at radius 2 is 0.845 bits per heavy atom. The average Bonchev–Trinajstić information content (AvgIpc) is 0.680. The van der Waals surface area contributed by atoms with Crippen LogP contribution in [-0.4, -0.2) is 65.7 Å². The maximum Gasteiger partial charge on any atom is 0.311 e. The molecule has 8 saturated carbocycles. The molecule has 0 heterocycles. The van der Waals surface area contributed by atoms with E-state index in [-0.39, 0.29) is 107 Å². The van der Waals surface area contributed by atoms with E-state index in [4.69, 9.17) is 25.8 Å². The van der Waals surface area contributed by atoms with Gasteiger partial charge in [-0.25, -0.2) is 0 Å². The van der Waals surface area contributed by atoms with Crippen molar-refractivity contribution in [3.63, 3.8) is 0 Å². The van der Waals surface area contributed by atoms with Gasteiger partial charge >= 0.3 is 11.9 Å². The van der Waals surface area contributed by atoms with Crippen LogP contribution in [0.1, 0.15) is 356 Å². The second-order valence-corrected chi connectivity index (χ2v) is 38.2. The number of hydrogen-bond acceptors (Lipinski definition) is 10. The molecule has 554 valence electrons. The van der Waals surface area contributed by atoms with Gasteiger partial charge in [-0.05, 0) is 245 Å². The molecule has 10 aliphatic carbocycles. The van der Waals surface area contributed by atoms with Crippen LogP contribution in [0.2, 0.25) is 0 Å². The highest BCUT2D eigenvalue weighted by molar-refractivity contribution is 6.63. The van der Waals surface area contributed by atoms with Crippen LogP contribution in [0.3, 0.4) is 0 Å². The topological polar surface area (TPSA) is 150 Å². The summed E-state index contributed by atoms with van der Waals surface area (Å²) in [5.41, 5.74) is 1.00. The third-order valence-corrected chi connectivity index (χ3v) is 31.1. The molecular formula is C86H143ClO10. The minimum atomic E-state index is -0.501. The van der Waals surface area contributed by atoms with Crippen molar-refractivity contribution in [3.05, 3.63) is 23.3 Å². The molecule has 0 aromatic heterocycles. The summed E-state index contributed by atoms with van der Waals surface area (Å²) in [7, 11) is 0. The molecule has 0 saturated heterocycles. The van der Waals surface area contributed by atoms with Crippen molar-refractivity contribution in [2.75, 3.05) is 13.2 Å². The zero-order valence-electron chi connectivity index (χ0n) is 65.5. The number of ketones is 2. The van der Waals surface area contributed by atoms with Crippen molar-refractivity contribution in [2.45, 2.75) is 368 Å². The molecule has 0 aliphatic heterocycles. The minimum Gasteiger partial charge on any atom is -0.465 e. The van der Waals surface area contributed by atoms with Gasteiger partial charge in [-0.2, -0.15) is 0 Å². The quantitative estimate of drug-likeness (QED) is 0.0365. The third kappa shape index (κ3) is 15.5. The molecule has 0 radical (unpaired) electrons. The zero-order chi connectivity index (χ0) is 72.1. The smallest absolute Gasteiger partial charge is 0.311 e. The summed E-state index contributed by atoms with van der Waals surface area (Å²) in [6.07, 6.45) is 40.7. The lowest BCUT2D eigenvalue weighted by molar-refractivity contribution is -0.207. The Labute approximate surface area is 597 Å². The SMILES string of the molecule is CCCCCC.CCCCCCC(=O)Cl.CCCCCCOC(=O)[C@@]1(C)CC[C@]2(C)CC[C@]3(C)C(=CC(=O)[C@@H]4[C@@]5(C)CC[C@H](O)C(C)(C)[C@@H]5CC[C@]43C)[C@H]2C1.CCCCCCOC(=O)[C@@]1(C)CC[C@]2(C)CC[C@]3(C)C(=CC(=O)[C@@H]4[C@@]5(C)CC[C@H](OC=O)C(C)(C)[C@@H]5CC[C@]43C)[C@H]2C1. The number of aliphatic hydroxyl groups is 1. The van der Waals surface area contributed by atoms with E-state index in [2.05, 4.69) is 144 Å². The summed E-state index contributed by atoms with van der Waals surface area (Å²) in [6.45, 7) is 45.3. The predicted molar refractivity (Wildman–Crippen MR) is 395 cm³/mol. The van der Waals surface area contributed by atoms with Gasteiger partial charge < -0.3 is 19.3 Å². The van der Waals surface area contributed by atoms with E-state index in [0.717, 1.165) is 154 Å². The van der Waals surface area contributed by atoms with Crippen molar-refractivity contribution in [1.82, 2.24) is 0 Å². The first kappa shape index (κ1) is 81.4. The zero-order valence-corrected chi connectivity index (χ0v) is 66.3. The van der Waals surface area contributed by atoms with Crippen LogP contribution < -0.4 is 0 Å². The van der Waals surface area contributed by atoms with Crippen molar-refractivity contribution in [3.8, 4) is 0 Å². The molecule has 10 nitrogen and oxygen atoms in total. The summed E-state index contributed by atoms with van der Waals surface area (Å²) < 4.78 is 17.4. The summed E-state index contributed by atoms with van der Waals surface area (Å²) in [5.74, 6) is 1.66. The van der Waals surface area contributed by atoms with Gasteiger partial charge in [0.2, 0.25) is 5.24 Å². The molecule has 10 rings (SSSR count). The van der Waals surface area contributed by atoms with E-state index in [1.54, 1.807) is 0 Å². The number of esters is 2. The van der Waals surface area contributed by atoms with Gasteiger partial charge in [-0.15, -0.1) is 0 Å². The Bertz CT molecular complexity index is 2790. The lowest BCUT2D eigenvalue weighted by Crippen LogP contribution is -2.66. The summed E-state index contributed by atoms with van der Waals surface area (Å²) >= 11 is 5.12. The van der Waals surface area contributed by atoms with Gasteiger partial charge in [0.05, 0.1) is 30.1 Å². The molecule has 11 heteroatoms. The standard InChI is InChI=1S/C37H58O5.C36H58O4.C7H13ClO.C6H14/c1-9-10-11-12-21-41-31(40)34(5)18-17-33(4)19-20-36(7)25(26(33)23-34)22-27(39)30-35(6)15-14-29(42-24-38)32(2,3)28(35)13-16-37(30,36)8;1-9-10-11-12-21-40-30(39)33(5)18-17-32(4)19-20-35(7)24(25(32)23-33)22-26(37)29-34(6)15-14-28(38)31(2,3)27(34)13-16-36(29,35)8;1-2-3-4-5-6-7(8)9;1-3-5-6-4-2/h22,24,26,28-30H,9-21,23H2,1-8H3;22,25,27-29,38H,9-21,23H2,1-8H3;2-6H2,1H3;3-6H2,1-2H3/t26-,28+,29+,30-,33-,34+,35+,36-,37-;25-,27+,28+,29-,32-,33+,34+,35-,36-;;/m11../s1. The predicted octanol–water partition coefficient (Wildman–Crippen LogP) is 22.4. The summed E-state index contributed by atoms with van der Waals surface area (Å²) in [6, 6.07) is 0. The van der Waals surface area contributed by atoms with Crippen molar-refractivity contribution in [1.29, 1.82) is 0 Å². The first-order valence-electron chi connectivity index (χ1n) is 40.2. The number of carbonyl (C=O) groups is 6.